The second-order valence-electron chi connectivity index (χ2n) is 4.13. The Morgan fingerprint density at radius 1 is 1.39 bits per heavy atom. The average Bonchev–Trinajstić information content (AvgIpc) is 2.67. The highest BCUT2D eigenvalue weighted by Crippen LogP contribution is 2.40. The third-order valence-electron chi connectivity index (χ3n) is 2.99. The summed E-state index contributed by atoms with van der Waals surface area (Å²) in [5.41, 5.74) is 9.48. The molecule has 0 spiro atoms. The maximum Gasteiger partial charge on any atom is 0.348 e. The first-order valence-corrected chi connectivity index (χ1v) is 6.58. The lowest BCUT2D eigenvalue weighted by atomic mass is 10.0. The van der Waals surface area contributed by atoms with E-state index in [1.54, 1.807) is 0 Å². The molecular formula is C14H15NO2S. The number of carboxylic acids is 1. The number of thiophene rings is 1. The Labute approximate surface area is 110 Å². The molecule has 3 nitrogen and oxygen atoms in total. The summed E-state index contributed by atoms with van der Waals surface area (Å²) in [5.74, 6) is -0.952. The summed E-state index contributed by atoms with van der Waals surface area (Å²) >= 11 is 1.26. The number of hydrogen-bond donors (Lipinski definition) is 2. The van der Waals surface area contributed by atoms with Crippen molar-refractivity contribution in [1.82, 2.24) is 0 Å². The van der Waals surface area contributed by atoms with E-state index < -0.39 is 5.97 Å². The number of nitrogens with two attached hydrogens (primary N) is 1. The van der Waals surface area contributed by atoms with E-state index in [0.29, 0.717) is 5.69 Å². The van der Waals surface area contributed by atoms with Crippen LogP contribution in [0.5, 0.6) is 0 Å². The van der Waals surface area contributed by atoms with Crippen LogP contribution in [0.2, 0.25) is 0 Å². The predicted octanol–water partition coefficient (Wildman–Crippen LogP) is 3.57. The summed E-state index contributed by atoms with van der Waals surface area (Å²) in [4.78, 5) is 12.4. The van der Waals surface area contributed by atoms with E-state index in [2.05, 4.69) is 0 Å². The van der Waals surface area contributed by atoms with Crippen molar-refractivity contribution in [1.29, 1.82) is 0 Å². The number of benzene rings is 1. The van der Waals surface area contributed by atoms with E-state index >= 15 is 0 Å². The van der Waals surface area contributed by atoms with Crippen molar-refractivity contribution in [2.75, 3.05) is 5.73 Å². The van der Waals surface area contributed by atoms with E-state index in [0.717, 1.165) is 28.0 Å². The van der Waals surface area contributed by atoms with Crippen LogP contribution in [0.15, 0.2) is 24.3 Å². The molecule has 0 aliphatic carbocycles. The largest absolute Gasteiger partial charge is 0.477 e. The van der Waals surface area contributed by atoms with Gasteiger partial charge < -0.3 is 10.8 Å². The van der Waals surface area contributed by atoms with E-state index in [1.165, 1.54) is 11.3 Å². The molecule has 1 heterocycles. The number of anilines is 1. The number of rotatable bonds is 3. The molecule has 0 aliphatic rings. The van der Waals surface area contributed by atoms with Crippen LogP contribution >= 0.6 is 11.3 Å². The first kappa shape index (κ1) is 12.6. The first-order chi connectivity index (χ1) is 8.56. The van der Waals surface area contributed by atoms with E-state index in [1.807, 2.05) is 38.1 Å². The number of carboxylic acid groups (broad SMARTS) is 1. The van der Waals surface area contributed by atoms with E-state index in [9.17, 15) is 4.79 Å². The highest BCUT2D eigenvalue weighted by Gasteiger charge is 2.20. The number of nitrogen functional groups attached to an aromatic ring is 1. The molecule has 0 amide bonds. The van der Waals surface area contributed by atoms with Crippen molar-refractivity contribution >= 4 is 23.0 Å². The van der Waals surface area contributed by atoms with E-state index in [4.69, 9.17) is 10.8 Å². The van der Waals surface area contributed by atoms with Gasteiger partial charge in [0.1, 0.15) is 4.88 Å². The van der Waals surface area contributed by atoms with E-state index in [-0.39, 0.29) is 4.88 Å². The maximum absolute atomic E-state index is 11.1. The Bertz CT molecular complexity index is 602. The zero-order chi connectivity index (χ0) is 13.3. The third kappa shape index (κ3) is 1.99. The fraction of sp³-hybridized carbons (Fsp3) is 0.214. The van der Waals surface area contributed by atoms with Gasteiger partial charge in [0.25, 0.3) is 0 Å². The van der Waals surface area contributed by atoms with Gasteiger partial charge in [-0.1, -0.05) is 31.2 Å². The van der Waals surface area contributed by atoms with Crippen LogP contribution < -0.4 is 5.73 Å². The highest BCUT2D eigenvalue weighted by atomic mass is 32.1. The van der Waals surface area contributed by atoms with Crippen LogP contribution in [-0.2, 0) is 6.42 Å². The lowest BCUT2D eigenvalue weighted by Crippen LogP contribution is -1.99. The Hall–Kier alpha value is -1.81. The Balaban J connectivity index is 2.68. The summed E-state index contributed by atoms with van der Waals surface area (Å²) in [6.07, 6.45) is 0.735. The molecule has 1 aromatic heterocycles. The van der Waals surface area contributed by atoms with Crippen molar-refractivity contribution < 1.29 is 9.90 Å². The number of carbonyl (C=O) groups is 1. The van der Waals surface area contributed by atoms with Crippen LogP contribution in [0.3, 0.4) is 0 Å². The van der Waals surface area contributed by atoms with Gasteiger partial charge in [-0.2, -0.15) is 0 Å². The molecule has 2 aromatic rings. The highest BCUT2D eigenvalue weighted by molar-refractivity contribution is 7.18. The molecule has 0 saturated carbocycles. The van der Waals surface area contributed by atoms with Crippen LogP contribution in [0.4, 0.5) is 5.69 Å². The lowest BCUT2D eigenvalue weighted by molar-refractivity contribution is 0.0703. The number of aryl methyl sites for hydroxylation is 1. The molecule has 0 saturated heterocycles. The molecule has 2 rings (SSSR count). The van der Waals surface area contributed by atoms with Crippen LogP contribution in [0, 0.1) is 6.92 Å². The summed E-state index contributed by atoms with van der Waals surface area (Å²) in [5, 5.41) is 9.15. The molecule has 0 bridgehead atoms. The minimum Gasteiger partial charge on any atom is -0.477 e. The summed E-state index contributed by atoms with van der Waals surface area (Å²) < 4.78 is 0. The second-order valence-corrected chi connectivity index (χ2v) is 5.15. The van der Waals surface area contributed by atoms with Gasteiger partial charge in [-0.05, 0) is 30.0 Å². The van der Waals surface area contributed by atoms with Gasteiger partial charge in [0, 0.05) is 4.88 Å². The molecule has 0 atom stereocenters. The molecular weight excluding hydrogens is 246 g/mol. The van der Waals surface area contributed by atoms with Crippen molar-refractivity contribution in [2.45, 2.75) is 20.3 Å². The maximum atomic E-state index is 11.1. The van der Waals surface area contributed by atoms with Crippen molar-refractivity contribution in [3.05, 3.63) is 40.3 Å². The fourth-order valence-electron chi connectivity index (χ4n) is 2.03. The second kappa shape index (κ2) is 4.82. The summed E-state index contributed by atoms with van der Waals surface area (Å²) in [6, 6.07) is 7.95. The summed E-state index contributed by atoms with van der Waals surface area (Å²) in [6.45, 7) is 4.01. The molecule has 0 radical (unpaired) electrons. The smallest absolute Gasteiger partial charge is 0.348 e. The average molecular weight is 261 g/mol. The number of hydrogen-bond acceptors (Lipinski definition) is 3. The molecule has 0 aliphatic heterocycles. The van der Waals surface area contributed by atoms with Crippen molar-refractivity contribution in [3.8, 4) is 10.4 Å². The zero-order valence-electron chi connectivity index (χ0n) is 10.4. The monoisotopic (exact) mass is 261 g/mol. The van der Waals surface area contributed by atoms with Crippen LogP contribution in [0.1, 0.15) is 27.7 Å². The van der Waals surface area contributed by atoms with Gasteiger partial charge in [0.05, 0.1) is 5.69 Å². The SMILES string of the molecule is CCc1c(-c2ccccc2C)sc(C(=O)O)c1N. The minimum atomic E-state index is -0.952. The standard InChI is InChI=1S/C14H15NO2S/c1-3-9-11(15)13(14(16)17)18-12(9)10-7-5-4-6-8(10)2/h4-7H,3,15H2,1-2H3,(H,16,17). The van der Waals surface area contributed by atoms with Crippen LogP contribution in [-0.4, -0.2) is 11.1 Å². The van der Waals surface area contributed by atoms with Gasteiger partial charge in [-0.25, -0.2) is 4.79 Å². The quantitative estimate of drug-likeness (QED) is 0.887. The molecule has 0 unspecified atom stereocenters. The molecule has 3 N–H and O–H groups in total. The third-order valence-corrected chi connectivity index (χ3v) is 4.25. The Morgan fingerprint density at radius 3 is 2.61 bits per heavy atom. The van der Waals surface area contributed by atoms with Gasteiger partial charge in [-0.3, -0.25) is 0 Å². The van der Waals surface area contributed by atoms with Gasteiger partial charge >= 0.3 is 5.97 Å². The van der Waals surface area contributed by atoms with Crippen LogP contribution in [0.25, 0.3) is 10.4 Å². The molecule has 0 fully saturated rings. The van der Waals surface area contributed by atoms with Gasteiger partial charge in [0.2, 0.25) is 0 Å². The van der Waals surface area contributed by atoms with Gasteiger partial charge in [-0.15, -0.1) is 11.3 Å². The Kier molecular flexibility index (Phi) is 3.39. The first-order valence-electron chi connectivity index (χ1n) is 5.76. The predicted molar refractivity (Wildman–Crippen MR) is 75.2 cm³/mol. The number of aromatic carboxylic acids is 1. The van der Waals surface area contributed by atoms with Crippen molar-refractivity contribution in [3.63, 3.8) is 0 Å². The molecule has 94 valence electrons. The minimum absolute atomic E-state index is 0.241. The fourth-order valence-corrected chi connectivity index (χ4v) is 3.27. The van der Waals surface area contributed by atoms with Gasteiger partial charge in [0.15, 0.2) is 0 Å². The normalized spacial score (nSPS) is 10.6. The molecule has 1 aromatic carbocycles. The summed E-state index contributed by atoms with van der Waals surface area (Å²) in [7, 11) is 0. The molecule has 4 heteroatoms. The molecule has 18 heavy (non-hydrogen) atoms. The van der Waals surface area contributed by atoms with Crippen molar-refractivity contribution in [2.24, 2.45) is 0 Å². The lowest BCUT2D eigenvalue weighted by Gasteiger charge is -2.05. The Morgan fingerprint density at radius 2 is 2.06 bits per heavy atom. The zero-order valence-corrected chi connectivity index (χ0v) is 11.2. The topological polar surface area (TPSA) is 63.3 Å².